The Kier molecular flexibility index (Phi) is 5.92. The summed E-state index contributed by atoms with van der Waals surface area (Å²) >= 11 is 0. The van der Waals surface area contributed by atoms with Crippen molar-refractivity contribution in [3.63, 3.8) is 0 Å². The van der Waals surface area contributed by atoms with Crippen molar-refractivity contribution in [2.75, 3.05) is 31.6 Å². The van der Waals surface area contributed by atoms with Crippen molar-refractivity contribution in [2.45, 2.75) is 24.8 Å². The third kappa shape index (κ3) is 4.76. The lowest BCUT2D eigenvalue weighted by atomic mass is 10.3. The maximum atomic E-state index is 12.4. The van der Waals surface area contributed by atoms with E-state index in [9.17, 15) is 18.0 Å². The summed E-state index contributed by atoms with van der Waals surface area (Å²) in [6.45, 7) is 4.70. The highest BCUT2D eigenvalue weighted by molar-refractivity contribution is 7.89. The lowest BCUT2D eigenvalue weighted by Crippen LogP contribution is -2.50. The molecule has 0 unspecified atom stereocenters. The molecule has 9 heteroatoms. The van der Waals surface area contributed by atoms with Gasteiger partial charge in [0.05, 0.1) is 24.2 Å². The Bertz CT molecular complexity index is 696. The molecule has 2 amide bonds. The lowest BCUT2D eigenvalue weighted by Gasteiger charge is -2.29. The summed E-state index contributed by atoms with van der Waals surface area (Å²) in [4.78, 5) is 24.9. The highest BCUT2D eigenvalue weighted by atomic mass is 32.2. The zero-order valence-corrected chi connectivity index (χ0v) is 14.4. The van der Waals surface area contributed by atoms with Crippen LogP contribution in [0, 0.1) is 0 Å². The van der Waals surface area contributed by atoms with Gasteiger partial charge in [0, 0.05) is 25.7 Å². The number of benzene rings is 1. The number of hydrogen-bond acceptors (Lipinski definition) is 5. The summed E-state index contributed by atoms with van der Waals surface area (Å²) in [6, 6.07) is 4.86. The molecule has 1 aromatic rings. The number of nitrogens with one attached hydrogen (secondary N) is 2. The van der Waals surface area contributed by atoms with Crippen LogP contribution < -0.4 is 10.0 Å². The van der Waals surface area contributed by atoms with Crippen LogP contribution in [-0.4, -0.2) is 57.5 Å². The molecule has 0 bridgehead atoms. The molecule has 2 rings (SSSR count). The van der Waals surface area contributed by atoms with Crippen LogP contribution in [0.5, 0.6) is 0 Å². The summed E-state index contributed by atoms with van der Waals surface area (Å²) in [7, 11) is -3.83. The van der Waals surface area contributed by atoms with E-state index >= 15 is 0 Å². The van der Waals surface area contributed by atoms with Gasteiger partial charge < -0.3 is 15.0 Å². The normalized spacial score (nSPS) is 16.5. The molecule has 1 aliphatic rings. The third-order valence-electron chi connectivity index (χ3n) is 3.51. The molecule has 1 aromatic carbocycles. The Morgan fingerprint density at radius 1 is 1.17 bits per heavy atom. The van der Waals surface area contributed by atoms with Gasteiger partial charge in [-0.2, -0.15) is 4.72 Å². The van der Waals surface area contributed by atoms with Crippen LogP contribution in [0.2, 0.25) is 0 Å². The van der Waals surface area contributed by atoms with E-state index in [4.69, 9.17) is 4.74 Å². The minimum Gasteiger partial charge on any atom is -0.378 e. The molecule has 0 aliphatic carbocycles. The molecule has 132 valence electrons. The molecule has 0 aromatic heterocycles. The number of amides is 2. The Morgan fingerprint density at radius 2 is 1.75 bits per heavy atom. The first-order valence-electron chi connectivity index (χ1n) is 7.56. The maximum Gasteiger partial charge on any atom is 0.241 e. The molecular formula is C15H21N3O5S. The summed E-state index contributed by atoms with van der Waals surface area (Å²) in [5, 5.41) is 2.56. The molecule has 1 fully saturated rings. The van der Waals surface area contributed by atoms with Crippen LogP contribution in [0.25, 0.3) is 0 Å². The minimum absolute atomic E-state index is 0.0261. The molecule has 1 heterocycles. The number of morpholine rings is 1. The number of nitrogens with zero attached hydrogens (tertiary/aromatic N) is 1. The van der Waals surface area contributed by atoms with Crippen LogP contribution in [0.1, 0.15) is 13.8 Å². The maximum absolute atomic E-state index is 12.4. The van der Waals surface area contributed by atoms with Crippen molar-refractivity contribution in [3.05, 3.63) is 24.3 Å². The molecule has 0 radical (unpaired) electrons. The Labute approximate surface area is 141 Å². The largest absolute Gasteiger partial charge is 0.378 e. The average molecular weight is 355 g/mol. The van der Waals surface area contributed by atoms with Crippen molar-refractivity contribution in [2.24, 2.45) is 0 Å². The predicted octanol–water partition coefficient (Wildman–Crippen LogP) is 0.171. The van der Waals surface area contributed by atoms with E-state index in [0.29, 0.717) is 32.0 Å². The zero-order valence-electron chi connectivity index (χ0n) is 13.6. The van der Waals surface area contributed by atoms with E-state index in [-0.39, 0.29) is 16.7 Å². The molecule has 0 saturated carbocycles. The summed E-state index contributed by atoms with van der Waals surface area (Å²) in [5.41, 5.74) is 0.499. The van der Waals surface area contributed by atoms with E-state index in [2.05, 4.69) is 10.0 Å². The van der Waals surface area contributed by atoms with Crippen molar-refractivity contribution >= 4 is 27.5 Å². The van der Waals surface area contributed by atoms with Gasteiger partial charge in [-0.05, 0) is 31.2 Å². The molecule has 24 heavy (non-hydrogen) atoms. The third-order valence-corrected chi connectivity index (χ3v) is 5.07. The number of carbonyl (C=O) groups excluding carboxylic acids is 2. The minimum atomic E-state index is -3.83. The molecular weight excluding hydrogens is 334 g/mol. The average Bonchev–Trinajstić information content (AvgIpc) is 2.54. The van der Waals surface area contributed by atoms with E-state index in [1.165, 1.54) is 38.1 Å². The van der Waals surface area contributed by atoms with Crippen LogP contribution >= 0.6 is 0 Å². The standard InChI is InChI=1S/C15H21N3O5S/c1-11(15(20)18-7-9-23-10-8-18)17-24(21,22)14-5-3-13(4-6-14)16-12(2)19/h3-6,11,17H,7-10H2,1-2H3,(H,16,19)/t11-/m0/s1. The van der Waals surface area contributed by atoms with E-state index in [0.717, 1.165) is 0 Å². The van der Waals surface area contributed by atoms with Crippen molar-refractivity contribution in [3.8, 4) is 0 Å². The van der Waals surface area contributed by atoms with Crippen molar-refractivity contribution < 1.29 is 22.7 Å². The lowest BCUT2D eigenvalue weighted by molar-refractivity contribution is -0.136. The van der Waals surface area contributed by atoms with Crippen LogP contribution in [0.4, 0.5) is 5.69 Å². The number of carbonyl (C=O) groups is 2. The van der Waals surface area contributed by atoms with E-state index < -0.39 is 16.1 Å². The number of anilines is 1. The predicted molar refractivity (Wildman–Crippen MR) is 87.9 cm³/mol. The first kappa shape index (κ1) is 18.4. The fraction of sp³-hybridized carbons (Fsp3) is 0.467. The summed E-state index contributed by atoms with van der Waals surface area (Å²) < 4.78 is 32.3. The fourth-order valence-electron chi connectivity index (χ4n) is 2.33. The first-order valence-corrected chi connectivity index (χ1v) is 9.04. The van der Waals surface area contributed by atoms with Crippen LogP contribution in [-0.2, 0) is 24.3 Å². The number of ether oxygens (including phenoxy) is 1. The topological polar surface area (TPSA) is 105 Å². The Morgan fingerprint density at radius 3 is 2.29 bits per heavy atom. The molecule has 1 saturated heterocycles. The second-order valence-corrected chi connectivity index (χ2v) is 7.20. The Hall–Kier alpha value is -1.97. The number of sulfonamides is 1. The van der Waals surface area contributed by atoms with Crippen molar-refractivity contribution in [1.29, 1.82) is 0 Å². The zero-order chi connectivity index (χ0) is 17.7. The second-order valence-electron chi connectivity index (χ2n) is 5.49. The van der Waals surface area contributed by atoms with Gasteiger partial charge in [0.25, 0.3) is 0 Å². The monoisotopic (exact) mass is 355 g/mol. The fourth-order valence-corrected chi connectivity index (χ4v) is 3.53. The quantitative estimate of drug-likeness (QED) is 0.783. The van der Waals surface area contributed by atoms with Crippen LogP contribution in [0.3, 0.4) is 0 Å². The van der Waals surface area contributed by atoms with Gasteiger partial charge in [-0.25, -0.2) is 8.42 Å². The van der Waals surface area contributed by atoms with Crippen molar-refractivity contribution in [1.82, 2.24) is 9.62 Å². The van der Waals surface area contributed by atoms with E-state index in [1.807, 2.05) is 0 Å². The van der Waals surface area contributed by atoms with Gasteiger partial charge in [0.1, 0.15) is 0 Å². The van der Waals surface area contributed by atoms with E-state index in [1.54, 1.807) is 4.90 Å². The SMILES string of the molecule is CC(=O)Nc1ccc(S(=O)(=O)N[C@@H](C)C(=O)N2CCOCC2)cc1. The van der Waals surface area contributed by atoms with Gasteiger partial charge in [-0.1, -0.05) is 0 Å². The molecule has 1 atom stereocenters. The first-order chi connectivity index (χ1) is 11.3. The summed E-state index contributed by atoms with van der Waals surface area (Å²) in [6.07, 6.45) is 0. The number of rotatable bonds is 5. The summed E-state index contributed by atoms with van der Waals surface area (Å²) in [5.74, 6) is -0.523. The van der Waals surface area contributed by atoms with Gasteiger partial charge in [0.15, 0.2) is 0 Å². The molecule has 8 nitrogen and oxygen atoms in total. The van der Waals surface area contributed by atoms with Crippen LogP contribution in [0.15, 0.2) is 29.2 Å². The molecule has 2 N–H and O–H groups in total. The highest BCUT2D eigenvalue weighted by Gasteiger charge is 2.26. The van der Waals surface area contributed by atoms with Gasteiger partial charge >= 0.3 is 0 Å². The highest BCUT2D eigenvalue weighted by Crippen LogP contribution is 2.15. The molecule has 0 spiro atoms. The smallest absolute Gasteiger partial charge is 0.241 e. The van der Waals surface area contributed by atoms with Gasteiger partial charge in [0.2, 0.25) is 21.8 Å². The second kappa shape index (κ2) is 7.73. The number of hydrogen-bond donors (Lipinski definition) is 2. The van der Waals surface area contributed by atoms with Gasteiger partial charge in [-0.15, -0.1) is 0 Å². The van der Waals surface area contributed by atoms with Gasteiger partial charge in [-0.3, -0.25) is 9.59 Å². The Balaban J connectivity index is 2.04. The molecule has 1 aliphatic heterocycles.